The number of rotatable bonds is 21. The summed E-state index contributed by atoms with van der Waals surface area (Å²) in [6, 6.07) is 13.6. The van der Waals surface area contributed by atoms with E-state index in [1.165, 1.54) is 76.7 Å². The highest BCUT2D eigenvalue weighted by Gasteiger charge is 2.26. The number of hydrogen-bond donors (Lipinski definition) is 2. The van der Waals surface area contributed by atoms with E-state index < -0.39 is 23.3 Å². The first-order valence-corrected chi connectivity index (χ1v) is 15.8. The lowest BCUT2D eigenvalue weighted by Crippen LogP contribution is -2.22. The van der Waals surface area contributed by atoms with Crippen LogP contribution in [0.1, 0.15) is 120 Å². The minimum Gasteiger partial charge on any atom is -0.506 e. The van der Waals surface area contributed by atoms with Crippen LogP contribution in [0.3, 0.4) is 0 Å². The molecule has 2 aromatic carbocycles. The fourth-order valence-corrected chi connectivity index (χ4v) is 5.26. The first kappa shape index (κ1) is 33.3. The molecule has 0 aromatic heterocycles. The van der Waals surface area contributed by atoms with Gasteiger partial charge in [0.05, 0.1) is 17.9 Å². The zero-order chi connectivity index (χ0) is 29.0. The van der Waals surface area contributed by atoms with Crippen molar-refractivity contribution >= 4 is 22.9 Å². The summed E-state index contributed by atoms with van der Waals surface area (Å²) >= 11 is -2.11. The molecule has 2 N–H and O–H groups in total. The number of nitrogens with one attached hydrogen (secondary N) is 1. The van der Waals surface area contributed by atoms with Gasteiger partial charge in [-0.15, -0.1) is 0 Å². The molecule has 0 amide bonds. The van der Waals surface area contributed by atoms with Gasteiger partial charge in [0.1, 0.15) is 11.8 Å². The number of benzene rings is 2. The number of aryl methyl sites for hydroxylation is 1. The molecule has 0 aliphatic rings. The van der Waals surface area contributed by atoms with E-state index in [0.29, 0.717) is 16.8 Å². The summed E-state index contributed by atoms with van der Waals surface area (Å²) in [5, 5.41) is 19.1. The lowest BCUT2D eigenvalue weighted by Gasteiger charge is -2.17. The Labute approximate surface area is 243 Å². The van der Waals surface area contributed by atoms with Gasteiger partial charge in [-0.1, -0.05) is 121 Å². The van der Waals surface area contributed by atoms with Gasteiger partial charge in [-0.25, -0.2) is 9.00 Å². The Bertz CT molecular complexity index is 1070. The van der Waals surface area contributed by atoms with Crippen LogP contribution in [0.2, 0.25) is 0 Å². The van der Waals surface area contributed by atoms with E-state index in [2.05, 4.69) is 11.6 Å². The third-order valence-electron chi connectivity index (χ3n) is 6.86. The highest BCUT2D eigenvalue weighted by atomic mass is 32.2. The number of anilines is 1. The molecule has 0 heterocycles. The van der Waals surface area contributed by atoms with Crippen molar-refractivity contribution in [2.75, 3.05) is 11.3 Å². The number of ether oxygens (including phenoxy) is 1. The molecule has 7 nitrogen and oxygen atoms in total. The molecular weight excluding hydrogens is 524 g/mol. The Kier molecular flexibility index (Phi) is 16.7. The van der Waals surface area contributed by atoms with Gasteiger partial charge >= 0.3 is 5.97 Å². The molecule has 2 unspecified atom stereocenters. The van der Waals surface area contributed by atoms with E-state index in [0.717, 1.165) is 19.3 Å². The Morgan fingerprint density at radius 2 is 1.48 bits per heavy atom. The Morgan fingerprint density at radius 1 is 0.925 bits per heavy atom. The number of esters is 1. The molecule has 40 heavy (non-hydrogen) atoms. The Morgan fingerprint density at radius 3 is 2.02 bits per heavy atom. The summed E-state index contributed by atoms with van der Waals surface area (Å²) in [6.45, 7) is 4.17. The summed E-state index contributed by atoms with van der Waals surface area (Å²) < 4.78 is 26.4. The zero-order valence-corrected chi connectivity index (χ0v) is 25.0. The minimum atomic E-state index is -2.11. The first-order valence-electron chi connectivity index (χ1n) is 14.8. The number of aromatic hydroxyl groups is 1. The Hall–Kier alpha value is -2.89. The molecule has 0 radical (unpaired) electrons. The van der Waals surface area contributed by atoms with Gasteiger partial charge in [0.15, 0.2) is 6.10 Å². The van der Waals surface area contributed by atoms with Gasteiger partial charge in [0.2, 0.25) is 0 Å². The van der Waals surface area contributed by atoms with Crippen LogP contribution in [-0.4, -0.2) is 21.9 Å². The van der Waals surface area contributed by atoms with E-state index in [1.54, 1.807) is 37.3 Å². The van der Waals surface area contributed by atoms with Crippen molar-refractivity contribution in [3.8, 4) is 11.8 Å². The number of carbonyl (C=O) groups is 1. The molecule has 2 aromatic rings. The van der Waals surface area contributed by atoms with E-state index in [-0.39, 0.29) is 17.9 Å². The summed E-state index contributed by atoms with van der Waals surface area (Å²) in [5.74, 6) is -0.732. The third kappa shape index (κ3) is 13.0. The van der Waals surface area contributed by atoms with Crippen LogP contribution < -0.4 is 4.72 Å². The van der Waals surface area contributed by atoms with Crippen molar-refractivity contribution in [3.63, 3.8) is 0 Å². The summed E-state index contributed by atoms with van der Waals surface area (Å²) in [7, 11) is 0. The average molecular weight is 571 g/mol. The molecule has 0 saturated carbocycles. The SMILES string of the molecule is CCCCCCCCCCCCCCCCOC(=O)C(OS(=O)Nc1cc(C)c(O)c(C#N)c1)c1ccccc1. The van der Waals surface area contributed by atoms with Crippen LogP contribution in [-0.2, 0) is 25.0 Å². The molecule has 0 aliphatic carbocycles. The van der Waals surface area contributed by atoms with Crippen LogP contribution in [0.25, 0.3) is 0 Å². The number of nitrogens with zero attached hydrogens (tertiary/aromatic N) is 1. The van der Waals surface area contributed by atoms with Crippen LogP contribution in [0, 0.1) is 18.3 Å². The van der Waals surface area contributed by atoms with E-state index in [4.69, 9.17) is 8.92 Å². The van der Waals surface area contributed by atoms with Crippen LogP contribution in [0.4, 0.5) is 5.69 Å². The normalized spacial score (nSPS) is 12.4. The number of hydrogen-bond acceptors (Lipinski definition) is 6. The van der Waals surface area contributed by atoms with Crippen molar-refractivity contribution < 1.29 is 23.0 Å². The fourth-order valence-electron chi connectivity index (χ4n) is 4.54. The van der Waals surface area contributed by atoms with Gasteiger partial charge < -0.3 is 9.84 Å². The van der Waals surface area contributed by atoms with Gasteiger partial charge in [-0.3, -0.25) is 8.91 Å². The topological polar surface area (TPSA) is 109 Å². The van der Waals surface area contributed by atoms with Gasteiger partial charge in [0.25, 0.3) is 11.3 Å². The molecule has 0 spiro atoms. The molecule has 0 bridgehead atoms. The van der Waals surface area contributed by atoms with Crippen molar-refractivity contribution in [1.82, 2.24) is 0 Å². The maximum Gasteiger partial charge on any atom is 0.341 e. The predicted octanol–water partition coefficient (Wildman–Crippen LogP) is 8.35. The number of phenols is 1. The molecule has 0 saturated heterocycles. The second-order valence-electron chi connectivity index (χ2n) is 10.3. The van der Waals surface area contributed by atoms with Crippen molar-refractivity contribution in [2.45, 2.75) is 110 Å². The molecule has 220 valence electrons. The third-order valence-corrected chi connectivity index (χ3v) is 7.63. The molecule has 0 fully saturated rings. The summed E-state index contributed by atoms with van der Waals surface area (Å²) in [6.07, 6.45) is 16.3. The van der Waals surface area contributed by atoms with Gasteiger partial charge in [-0.05, 0) is 36.6 Å². The summed E-state index contributed by atoms with van der Waals surface area (Å²) in [4.78, 5) is 12.9. The second-order valence-corrected chi connectivity index (χ2v) is 11.2. The fraction of sp³-hybridized carbons (Fsp3) is 0.562. The van der Waals surface area contributed by atoms with E-state index in [1.807, 2.05) is 12.1 Å². The molecule has 0 aliphatic heterocycles. The van der Waals surface area contributed by atoms with Crippen LogP contribution in [0.5, 0.6) is 5.75 Å². The molecular formula is C32H46N2O5S. The van der Waals surface area contributed by atoms with Crippen LogP contribution in [0.15, 0.2) is 42.5 Å². The molecule has 2 rings (SSSR count). The highest BCUT2D eigenvalue weighted by molar-refractivity contribution is 7.81. The lowest BCUT2D eigenvalue weighted by molar-refractivity contribution is -0.152. The maximum absolute atomic E-state index is 12.9. The minimum absolute atomic E-state index is 0.0479. The number of phenolic OH excluding ortho intramolecular Hbond substituents is 1. The maximum atomic E-state index is 12.9. The number of nitriles is 1. The predicted molar refractivity (Wildman–Crippen MR) is 161 cm³/mol. The van der Waals surface area contributed by atoms with Gasteiger partial charge in [-0.2, -0.15) is 5.26 Å². The molecule has 8 heteroatoms. The average Bonchev–Trinajstić information content (AvgIpc) is 2.96. The Balaban J connectivity index is 1.70. The number of carbonyl (C=O) groups excluding carboxylic acids is 1. The second kappa shape index (κ2) is 20.1. The molecule has 2 atom stereocenters. The largest absolute Gasteiger partial charge is 0.506 e. The first-order chi connectivity index (χ1) is 19.5. The van der Waals surface area contributed by atoms with Gasteiger partial charge in [0, 0.05) is 0 Å². The van der Waals surface area contributed by atoms with E-state index >= 15 is 0 Å². The van der Waals surface area contributed by atoms with Crippen molar-refractivity contribution in [3.05, 3.63) is 59.2 Å². The van der Waals surface area contributed by atoms with Crippen LogP contribution >= 0.6 is 0 Å². The smallest absolute Gasteiger partial charge is 0.341 e. The lowest BCUT2D eigenvalue weighted by atomic mass is 10.0. The van der Waals surface area contributed by atoms with E-state index in [9.17, 15) is 19.4 Å². The highest BCUT2D eigenvalue weighted by Crippen LogP contribution is 2.27. The quantitative estimate of drug-likeness (QED) is 0.0887. The van der Waals surface area contributed by atoms with Crippen molar-refractivity contribution in [2.24, 2.45) is 0 Å². The standard InChI is InChI=1S/C32H46N2O5S/c1-3-4-5-6-7-8-9-10-11-12-13-14-15-19-22-38-32(36)31(27-20-17-16-18-21-27)39-40(37)34-29-23-26(2)30(35)28(24-29)25-33/h16-18,20-21,23-24,31,34-35H,3-15,19,22H2,1-2H3. The van der Waals surface area contributed by atoms with Crippen molar-refractivity contribution in [1.29, 1.82) is 5.26 Å². The number of unbranched alkanes of at least 4 members (excludes halogenated alkanes) is 13. The zero-order valence-electron chi connectivity index (χ0n) is 24.2. The summed E-state index contributed by atoms with van der Waals surface area (Å²) in [5.41, 5.74) is 1.36. The monoisotopic (exact) mass is 570 g/mol.